The summed E-state index contributed by atoms with van der Waals surface area (Å²) in [5.74, 6) is 0. The molecule has 0 saturated carbocycles. The highest BCUT2D eigenvalue weighted by Gasteiger charge is 2.23. The smallest absolute Gasteiger partial charge is 0.0644 e. The summed E-state index contributed by atoms with van der Waals surface area (Å²) < 4.78 is 0. The maximum atomic E-state index is 10.2. The molecule has 0 radical (unpaired) electrons. The van der Waals surface area contributed by atoms with Gasteiger partial charge in [-0.05, 0) is 16.9 Å². The molecule has 0 saturated heterocycles. The Morgan fingerprint density at radius 3 is 2.59 bits per heavy atom. The number of benzene rings is 1. The van der Waals surface area contributed by atoms with E-state index >= 15 is 0 Å². The van der Waals surface area contributed by atoms with Gasteiger partial charge >= 0.3 is 0 Å². The van der Waals surface area contributed by atoms with Gasteiger partial charge in [-0.3, -0.25) is 4.98 Å². The molecule has 0 fully saturated rings. The number of fused-ring (bicyclic) bond motifs is 1. The summed E-state index contributed by atoms with van der Waals surface area (Å²) in [6, 6.07) is 10.2. The molecule has 90 valence electrons. The molecule has 1 heterocycles. The van der Waals surface area contributed by atoms with Crippen molar-refractivity contribution in [2.45, 2.75) is 33.3 Å². The van der Waals surface area contributed by atoms with E-state index in [1.54, 1.807) is 0 Å². The van der Waals surface area contributed by atoms with Crippen LogP contribution in [0.5, 0.6) is 0 Å². The van der Waals surface area contributed by atoms with Crippen molar-refractivity contribution in [2.24, 2.45) is 5.41 Å². The first-order valence-electron chi connectivity index (χ1n) is 5.99. The SMILES string of the molecule is CC(C)(C)C(O)Cc1nccc2ccccc12. The van der Waals surface area contributed by atoms with Crippen LogP contribution in [0.15, 0.2) is 36.5 Å². The van der Waals surface area contributed by atoms with Gasteiger partial charge in [0, 0.05) is 18.0 Å². The van der Waals surface area contributed by atoms with Crippen molar-refractivity contribution in [2.75, 3.05) is 0 Å². The number of nitrogens with zero attached hydrogens (tertiary/aromatic N) is 1. The predicted octanol–water partition coefficient (Wildman–Crippen LogP) is 3.18. The molecule has 0 aliphatic rings. The quantitative estimate of drug-likeness (QED) is 0.858. The van der Waals surface area contributed by atoms with Crippen LogP contribution >= 0.6 is 0 Å². The zero-order chi connectivity index (χ0) is 12.5. The second-order valence-electron chi connectivity index (χ2n) is 5.56. The summed E-state index contributed by atoms with van der Waals surface area (Å²) in [5.41, 5.74) is 0.865. The Kier molecular flexibility index (Phi) is 3.16. The number of hydrogen-bond donors (Lipinski definition) is 1. The number of hydrogen-bond acceptors (Lipinski definition) is 2. The third-order valence-electron chi connectivity index (χ3n) is 3.14. The van der Waals surface area contributed by atoms with Crippen molar-refractivity contribution in [1.82, 2.24) is 4.98 Å². The topological polar surface area (TPSA) is 33.1 Å². The van der Waals surface area contributed by atoms with Gasteiger partial charge in [0.05, 0.1) is 11.8 Å². The summed E-state index contributed by atoms with van der Waals surface area (Å²) in [6.07, 6.45) is 2.04. The first-order chi connectivity index (χ1) is 7.98. The Balaban J connectivity index is 2.36. The van der Waals surface area contributed by atoms with Crippen LogP contribution < -0.4 is 0 Å². The second kappa shape index (κ2) is 4.46. The van der Waals surface area contributed by atoms with Gasteiger partial charge in [0.15, 0.2) is 0 Å². The molecular weight excluding hydrogens is 210 g/mol. The van der Waals surface area contributed by atoms with E-state index in [0.29, 0.717) is 6.42 Å². The maximum absolute atomic E-state index is 10.2. The van der Waals surface area contributed by atoms with Gasteiger partial charge in [-0.1, -0.05) is 45.0 Å². The summed E-state index contributed by atoms with van der Waals surface area (Å²) in [5, 5.41) is 12.5. The van der Waals surface area contributed by atoms with Crippen molar-refractivity contribution in [3.05, 3.63) is 42.2 Å². The van der Waals surface area contributed by atoms with Gasteiger partial charge in [0.1, 0.15) is 0 Å². The zero-order valence-electron chi connectivity index (χ0n) is 10.6. The van der Waals surface area contributed by atoms with E-state index in [1.807, 2.05) is 45.2 Å². The van der Waals surface area contributed by atoms with E-state index < -0.39 is 0 Å². The lowest BCUT2D eigenvalue weighted by molar-refractivity contribution is 0.0631. The van der Waals surface area contributed by atoms with E-state index in [0.717, 1.165) is 11.1 Å². The fraction of sp³-hybridized carbons (Fsp3) is 0.400. The molecule has 1 aromatic carbocycles. The lowest BCUT2D eigenvalue weighted by Gasteiger charge is -2.25. The van der Waals surface area contributed by atoms with E-state index in [4.69, 9.17) is 0 Å². The van der Waals surface area contributed by atoms with Crippen LogP contribution in [0.4, 0.5) is 0 Å². The van der Waals surface area contributed by atoms with Crippen molar-refractivity contribution >= 4 is 10.8 Å². The van der Waals surface area contributed by atoms with E-state index in [9.17, 15) is 5.11 Å². The summed E-state index contributed by atoms with van der Waals surface area (Å²) in [6.45, 7) is 6.13. The number of aromatic nitrogens is 1. The molecule has 0 spiro atoms. The molecule has 2 rings (SSSR count). The minimum Gasteiger partial charge on any atom is -0.392 e. The van der Waals surface area contributed by atoms with Crippen molar-refractivity contribution in [1.29, 1.82) is 0 Å². The van der Waals surface area contributed by atoms with Gasteiger partial charge in [0.25, 0.3) is 0 Å². The van der Waals surface area contributed by atoms with E-state index in [1.165, 1.54) is 5.39 Å². The summed E-state index contributed by atoms with van der Waals surface area (Å²) >= 11 is 0. The van der Waals surface area contributed by atoms with Gasteiger partial charge in [-0.15, -0.1) is 0 Å². The molecule has 1 unspecified atom stereocenters. The molecular formula is C15H19NO. The largest absolute Gasteiger partial charge is 0.392 e. The molecule has 1 atom stereocenters. The Hall–Kier alpha value is -1.41. The van der Waals surface area contributed by atoms with Crippen LogP contribution in [0.1, 0.15) is 26.5 Å². The number of aliphatic hydroxyl groups is 1. The predicted molar refractivity (Wildman–Crippen MR) is 70.9 cm³/mol. The van der Waals surface area contributed by atoms with Crippen molar-refractivity contribution in [3.63, 3.8) is 0 Å². The molecule has 0 amide bonds. The average molecular weight is 229 g/mol. The lowest BCUT2D eigenvalue weighted by atomic mass is 9.86. The molecule has 0 bridgehead atoms. The third kappa shape index (κ3) is 2.64. The molecule has 2 heteroatoms. The van der Waals surface area contributed by atoms with Crippen LogP contribution in [0.25, 0.3) is 10.8 Å². The Bertz CT molecular complexity index is 508. The molecule has 17 heavy (non-hydrogen) atoms. The zero-order valence-corrected chi connectivity index (χ0v) is 10.6. The van der Waals surface area contributed by atoms with E-state index in [-0.39, 0.29) is 11.5 Å². The van der Waals surface area contributed by atoms with Gasteiger partial charge in [-0.2, -0.15) is 0 Å². The van der Waals surface area contributed by atoms with Gasteiger partial charge in [0.2, 0.25) is 0 Å². The first-order valence-corrected chi connectivity index (χ1v) is 5.99. The van der Waals surface area contributed by atoms with Crippen LogP contribution in [-0.2, 0) is 6.42 Å². The highest BCUT2D eigenvalue weighted by molar-refractivity contribution is 5.84. The summed E-state index contributed by atoms with van der Waals surface area (Å²) in [4.78, 5) is 4.40. The monoisotopic (exact) mass is 229 g/mol. The molecule has 2 nitrogen and oxygen atoms in total. The fourth-order valence-corrected chi connectivity index (χ4v) is 1.83. The molecule has 1 aromatic heterocycles. The number of rotatable bonds is 2. The average Bonchev–Trinajstić information content (AvgIpc) is 2.28. The van der Waals surface area contributed by atoms with Crippen molar-refractivity contribution < 1.29 is 5.11 Å². The summed E-state index contributed by atoms with van der Waals surface area (Å²) in [7, 11) is 0. The normalized spacial score (nSPS) is 13.9. The van der Waals surface area contributed by atoms with Crippen LogP contribution in [0.3, 0.4) is 0 Å². The second-order valence-corrected chi connectivity index (χ2v) is 5.56. The first kappa shape index (κ1) is 12.1. The molecule has 1 N–H and O–H groups in total. The highest BCUT2D eigenvalue weighted by Crippen LogP contribution is 2.24. The van der Waals surface area contributed by atoms with Crippen LogP contribution in [0.2, 0.25) is 0 Å². The Morgan fingerprint density at radius 2 is 1.88 bits per heavy atom. The highest BCUT2D eigenvalue weighted by atomic mass is 16.3. The number of pyridine rings is 1. The minimum atomic E-state index is -0.374. The molecule has 0 aliphatic carbocycles. The number of aliphatic hydroxyl groups excluding tert-OH is 1. The third-order valence-corrected chi connectivity index (χ3v) is 3.14. The Labute approximate surface area is 102 Å². The maximum Gasteiger partial charge on any atom is 0.0644 e. The van der Waals surface area contributed by atoms with Crippen molar-refractivity contribution in [3.8, 4) is 0 Å². The minimum absolute atomic E-state index is 0.112. The standard InChI is InChI=1S/C15H19NO/c1-15(2,3)14(17)10-13-12-7-5-4-6-11(12)8-9-16-13/h4-9,14,17H,10H2,1-3H3. The lowest BCUT2D eigenvalue weighted by Crippen LogP contribution is -2.28. The van der Waals surface area contributed by atoms with Gasteiger partial charge in [-0.25, -0.2) is 0 Å². The molecule has 0 aliphatic heterocycles. The van der Waals surface area contributed by atoms with E-state index in [2.05, 4.69) is 17.1 Å². The molecule has 2 aromatic rings. The van der Waals surface area contributed by atoms with Gasteiger partial charge < -0.3 is 5.11 Å². The van der Waals surface area contributed by atoms with Crippen LogP contribution in [0, 0.1) is 5.41 Å². The Morgan fingerprint density at radius 1 is 1.18 bits per heavy atom. The fourth-order valence-electron chi connectivity index (χ4n) is 1.83. The van der Waals surface area contributed by atoms with Crippen LogP contribution in [-0.4, -0.2) is 16.2 Å².